The van der Waals surface area contributed by atoms with Crippen LogP contribution in [0, 0.1) is 5.92 Å². The molecule has 3 nitrogen and oxygen atoms in total. The molecule has 0 atom stereocenters. The van der Waals surface area contributed by atoms with Gasteiger partial charge in [-0.2, -0.15) is 0 Å². The van der Waals surface area contributed by atoms with E-state index in [9.17, 15) is 0 Å². The lowest BCUT2D eigenvalue weighted by Crippen LogP contribution is -2.36. The molecule has 0 aliphatic carbocycles. The van der Waals surface area contributed by atoms with Gasteiger partial charge in [-0.1, -0.05) is 25.1 Å². The number of nitrogens with one attached hydrogen (secondary N) is 1. The number of likely N-dealkylation sites (tertiary alicyclic amines) is 1. The van der Waals surface area contributed by atoms with Gasteiger partial charge in [0.25, 0.3) is 0 Å². The molecule has 3 rings (SSSR count). The first-order valence-electron chi connectivity index (χ1n) is 7.63. The second kappa shape index (κ2) is 6.23. The first-order valence-corrected chi connectivity index (χ1v) is 7.63. The van der Waals surface area contributed by atoms with E-state index in [4.69, 9.17) is 0 Å². The van der Waals surface area contributed by atoms with Crippen molar-refractivity contribution in [2.45, 2.75) is 19.8 Å². The van der Waals surface area contributed by atoms with E-state index in [0.29, 0.717) is 0 Å². The molecule has 3 heteroatoms. The van der Waals surface area contributed by atoms with Crippen molar-refractivity contribution in [3.05, 3.63) is 36.4 Å². The largest absolute Gasteiger partial charge is 0.369 e. The average Bonchev–Trinajstić information content (AvgIpc) is 2.49. The molecule has 0 amide bonds. The number of piperidine rings is 1. The van der Waals surface area contributed by atoms with Crippen LogP contribution in [0.5, 0.6) is 0 Å². The molecule has 2 heterocycles. The summed E-state index contributed by atoms with van der Waals surface area (Å²) in [5, 5.41) is 4.64. The first kappa shape index (κ1) is 13.4. The van der Waals surface area contributed by atoms with Crippen molar-refractivity contribution < 1.29 is 0 Å². The average molecular weight is 269 g/mol. The molecule has 1 aromatic carbocycles. The maximum atomic E-state index is 4.64. The summed E-state index contributed by atoms with van der Waals surface area (Å²) in [5.74, 6) is 1.88. The van der Waals surface area contributed by atoms with Crippen molar-refractivity contribution >= 4 is 16.7 Å². The van der Waals surface area contributed by atoms with E-state index in [0.717, 1.165) is 30.3 Å². The van der Waals surface area contributed by atoms with Crippen LogP contribution in [-0.4, -0.2) is 36.1 Å². The van der Waals surface area contributed by atoms with E-state index in [1.54, 1.807) is 0 Å². The van der Waals surface area contributed by atoms with E-state index in [2.05, 4.69) is 52.5 Å². The minimum Gasteiger partial charge on any atom is -0.369 e. The standard InChI is InChI=1S/C17H23N3/c1-14-8-11-20(12-9-14)13-10-18-17-7-6-15-4-2-3-5-16(15)19-17/h2-7,14H,8-13H2,1H3,(H,18,19). The lowest BCUT2D eigenvalue weighted by atomic mass is 9.99. The molecular weight excluding hydrogens is 246 g/mol. The second-order valence-corrected chi connectivity index (χ2v) is 5.84. The summed E-state index contributed by atoms with van der Waals surface area (Å²) in [5.41, 5.74) is 1.06. The van der Waals surface area contributed by atoms with Crippen LogP contribution in [0.1, 0.15) is 19.8 Å². The van der Waals surface area contributed by atoms with Gasteiger partial charge in [0.1, 0.15) is 5.82 Å². The van der Waals surface area contributed by atoms with Gasteiger partial charge < -0.3 is 10.2 Å². The number of aromatic nitrogens is 1. The van der Waals surface area contributed by atoms with Crippen LogP contribution in [0.2, 0.25) is 0 Å². The Labute approximate surface area is 121 Å². The van der Waals surface area contributed by atoms with Crippen LogP contribution < -0.4 is 5.32 Å². The summed E-state index contributed by atoms with van der Waals surface area (Å²) >= 11 is 0. The molecule has 1 saturated heterocycles. The van der Waals surface area contributed by atoms with Gasteiger partial charge in [0.05, 0.1) is 5.52 Å². The summed E-state index contributed by atoms with van der Waals surface area (Å²) in [4.78, 5) is 7.19. The maximum Gasteiger partial charge on any atom is 0.126 e. The Bertz CT molecular complexity index is 559. The fourth-order valence-corrected chi connectivity index (χ4v) is 2.79. The smallest absolute Gasteiger partial charge is 0.126 e. The molecule has 106 valence electrons. The minimum atomic E-state index is 0.904. The van der Waals surface area contributed by atoms with Gasteiger partial charge in [0.15, 0.2) is 0 Å². The van der Waals surface area contributed by atoms with Crippen molar-refractivity contribution in [3.63, 3.8) is 0 Å². The molecule has 2 aromatic rings. The fraction of sp³-hybridized carbons (Fsp3) is 0.471. The molecule has 1 N–H and O–H groups in total. The van der Waals surface area contributed by atoms with Gasteiger partial charge in [-0.25, -0.2) is 4.98 Å². The molecule has 20 heavy (non-hydrogen) atoms. The number of nitrogens with zero attached hydrogens (tertiary/aromatic N) is 2. The number of fused-ring (bicyclic) bond motifs is 1. The molecule has 1 aliphatic heterocycles. The zero-order valence-corrected chi connectivity index (χ0v) is 12.2. The van der Waals surface area contributed by atoms with Crippen LogP contribution in [0.4, 0.5) is 5.82 Å². The second-order valence-electron chi connectivity index (χ2n) is 5.84. The predicted molar refractivity (Wildman–Crippen MR) is 85.1 cm³/mol. The molecule has 0 spiro atoms. The Hall–Kier alpha value is -1.61. The van der Waals surface area contributed by atoms with Gasteiger partial charge in [-0.3, -0.25) is 0 Å². The third kappa shape index (κ3) is 3.28. The van der Waals surface area contributed by atoms with Crippen molar-refractivity contribution in [2.24, 2.45) is 5.92 Å². The summed E-state index contributed by atoms with van der Waals surface area (Å²) in [6.45, 7) is 6.93. The third-order valence-corrected chi connectivity index (χ3v) is 4.21. The van der Waals surface area contributed by atoms with E-state index in [1.165, 1.54) is 31.3 Å². The van der Waals surface area contributed by atoms with E-state index < -0.39 is 0 Å². The highest BCUT2D eigenvalue weighted by Crippen LogP contribution is 2.16. The summed E-state index contributed by atoms with van der Waals surface area (Å²) in [6, 6.07) is 12.4. The topological polar surface area (TPSA) is 28.2 Å². The van der Waals surface area contributed by atoms with Crippen LogP contribution in [-0.2, 0) is 0 Å². The Morgan fingerprint density at radius 3 is 2.80 bits per heavy atom. The molecule has 1 aromatic heterocycles. The lowest BCUT2D eigenvalue weighted by molar-refractivity contribution is 0.199. The Morgan fingerprint density at radius 1 is 1.15 bits per heavy atom. The SMILES string of the molecule is CC1CCN(CCNc2ccc3ccccc3n2)CC1. The predicted octanol–water partition coefficient (Wildman–Crippen LogP) is 3.38. The number of hydrogen-bond acceptors (Lipinski definition) is 3. The summed E-state index contributed by atoms with van der Waals surface area (Å²) in [7, 11) is 0. The molecule has 0 saturated carbocycles. The Kier molecular flexibility index (Phi) is 4.16. The molecular formula is C17H23N3. The number of rotatable bonds is 4. The van der Waals surface area contributed by atoms with Crippen molar-refractivity contribution in [2.75, 3.05) is 31.5 Å². The van der Waals surface area contributed by atoms with Crippen LogP contribution in [0.3, 0.4) is 0 Å². The molecule has 1 aliphatic rings. The monoisotopic (exact) mass is 269 g/mol. The summed E-state index contributed by atoms with van der Waals surface area (Å²) in [6.07, 6.45) is 2.68. The van der Waals surface area contributed by atoms with Gasteiger partial charge in [-0.05, 0) is 50.0 Å². The van der Waals surface area contributed by atoms with Crippen molar-refractivity contribution in [3.8, 4) is 0 Å². The van der Waals surface area contributed by atoms with Gasteiger partial charge >= 0.3 is 0 Å². The number of para-hydroxylation sites is 1. The quantitative estimate of drug-likeness (QED) is 0.922. The van der Waals surface area contributed by atoms with Crippen molar-refractivity contribution in [1.82, 2.24) is 9.88 Å². The van der Waals surface area contributed by atoms with Gasteiger partial charge in [0.2, 0.25) is 0 Å². The van der Waals surface area contributed by atoms with E-state index >= 15 is 0 Å². The Morgan fingerprint density at radius 2 is 1.95 bits per heavy atom. The number of benzene rings is 1. The molecule has 1 fully saturated rings. The van der Waals surface area contributed by atoms with Gasteiger partial charge in [0, 0.05) is 18.5 Å². The fourth-order valence-electron chi connectivity index (χ4n) is 2.79. The van der Waals surface area contributed by atoms with E-state index in [-0.39, 0.29) is 0 Å². The normalized spacial score (nSPS) is 17.4. The van der Waals surface area contributed by atoms with Gasteiger partial charge in [-0.15, -0.1) is 0 Å². The highest BCUT2D eigenvalue weighted by Gasteiger charge is 2.14. The Balaban J connectivity index is 1.52. The zero-order valence-electron chi connectivity index (χ0n) is 12.2. The first-order chi connectivity index (χ1) is 9.81. The van der Waals surface area contributed by atoms with Crippen molar-refractivity contribution in [1.29, 1.82) is 0 Å². The summed E-state index contributed by atoms with van der Waals surface area (Å²) < 4.78 is 0. The highest BCUT2D eigenvalue weighted by atomic mass is 15.1. The molecule has 0 bridgehead atoms. The van der Waals surface area contributed by atoms with Crippen LogP contribution in [0.25, 0.3) is 10.9 Å². The number of anilines is 1. The zero-order chi connectivity index (χ0) is 13.8. The lowest BCUT2D eigenvalue weighted by Gasteiger charge is -2.30. The number of hydrogen-bond donors (Lipinski definition) is 1. The minimum absolute atomic E-state index is 0.904. The highest BCUT2D eigenvalue weighted by molar-refractivity contribution is 5.79. The molecule has 0 unspecified atom stereocenters. The van der Waals surface area contributed by atoms with E-state index in [1.807, 2.05) is 6.07 Å². The van der Waals surface area contributed by atoms with Crippen LogP contribution >= 0.6 is 0 Å². The maximum absolute atomic E-state index is 4.64. The number of pyridine rings is 1. The van der Waals surface area contributed by atoms with Crippen LogP contribution in [0.15, 0.2) is 36.4 Å². The third-order valence-electron chi connectivity index (χ3n) is 4.21. The molecule has 0 radical (unpaired) electrons.